The number of fused-ring (bicyclic) bond motifs is 1. The minimum Gasteiger partial charge on any atom is -0.423 e. The molecule has 0 heterocycles. The SMILES string of the molecule is CCCC1CCC2CC(C3CCC(C(=O)Oc4ccc(C(F)(F)F)cc4F)CC3)CCC2C1. The second-order valence-corrected chi connectivity index (χ2v) is 10.7. The van der Waals surface area contributed by atoms with Gasteiger partial charge in [-0.3, -0.25) is 4.79 Å². The van der Waals surface area contributed by atoms with Gasteiger partial charge in [0, 0.05) is 0 Å². The van der Waals surface area contributed by atoms with Gasteiger partial charge in [-0.2, -0.15) is 13.2 Å². The highest BCUT2D eigenvalue weighted by Gasteiger charge is 2.39. The lowest BCUT2D eigenvalue weighted by Gasteiger charge is -2.45. The van der Waals surface area contributed by atoms with Crippen LogP contribution in [-0.4, -0.2) is 5.97 Å². The van der Waals surface area contributed by atoms with E-state index in [0.29, 0.717) is 12.0 Å². The largest absolute Gasteiger partial charge is 0.423 e. The summed E-state index contributed by atoms with van der Waals surface area (Å²) in [4.78, 5) is 12.5. The molecule has 0 aliphatic heterocycles. The molecular weight excluding hydrogens is 432 g/mol. The fourth-order valence-corrected chi connectivity index (χ4v) is 6.90. The van der Waals surface area contributed by atoms with Crippen LogP contribution < -0.4 is 4.74 Å². The van der Waals surface area contributed by atoms with Gasteiger partial charge in [-0.1, -0.05) is 26.2 Å². The number of carbonyl (C=O) groups is 1. The van der Waals surface area contributed by atoms with Crippen LogP contribution in [0, 0.1) is 41.3 Å². The van der Waals surface area contributed by atoms with E-state index in [4.69, 9.17) is 4.74 Å². The van der Waals surface area contributed by atoms with Gasteiger partial charge in [0.15, 0.2) is 11.6 Å². The van der Waals surface area contributed by atoms with E-state index in [0.717, 1.165) is 61.5 Å². The number of benzene rings is 1. The van der Waals surface area contributed by atoms with Crippen molar-refractivity contribution in [3.63, 3.8) is 0 Å². The van der Waals surface area contributed by atoms with E-state index in [1.54, 1.807) is 0 Å². The fourth-order valence-electron chi connectivity index (χ4n) is 6.90. The first-order chi connectivity index (χ1) is 15.7. The molecule has 184 valence electrons. The van der Waals surface area contributed by atoms with Crippen LogP contribution in [0.25, 0.3) is 0 Å². The first kappa shape index (κ1) is 24.5. The topological polar surface area (TPSA) is 26.3 Å². The summed E-state index contributed by atoms with van der Waals surface area (Å²) in [5, 5.41) is 0. The molecule has 3 aliphatic carbocycles. The molecule has 1 aromatic carbocycles. The summed E-state index contributed by atoms with van der Waals surface area (Å²) >= 11 is 0. The van der Waals surface area contributed by atoms with Gasteiger partial charge in [-0.15, -0.1) is 0 Å². The maximum Gasteiger partial charge on any atom is 0.416 e. The molecule has 0 bridgehead atoms. The molecule has 6 heteroatoms. The Kier molecular flexibility index (Phi) is 7.69. The summed E-state index contributed by atoms with van der Waals surface area (Å²) in [7, 11) is 0. The Balaban J connectivity index is 1.25. The highest BCUT2D eigenvalue weighted by molar-refractivity contribution is 5.75. The molecule has 0 aromatic heterocycles. The van der Waals surface area contributed by atoms with Crippen molar-refractivity contribution >= 4 is 5.97 Å². The van der Waals surface area contributed by atoms with Crippen LogP contribution in [0.1, 0.15) is 89.5 Å². The predicted molar refractivity (Wildman–Crippen MR) is 119 cm³/mol. The minimum absolute atomic E-state index is 0.302. The monoisotopic (exact) mass is 468 g/mol. The van der Waals surface area contributed by atoms with Crippen molar-refractivity contribution in [3.05, 3.63) is 29.6 Å². The Morgan fingerprint density at radius 1 is 0.909 bits per heavy atom. The molecule has 3 saturated carbocycles. The summed E-state index contributed by atoms with van der Waals surface area (Å²) in [6, 6.07) is 2.02. The average molecular weight is 469 g/mol. The van der Waals surface area contributed by atoms with Gasteiger partial charge < -0.3 is 4.74 Å². The van der Waals surface area contributed by atoms with Crippen LogP contribution in [-0.2, 0) is 11.0 Å². The number of halogens is 4. The summed E-state index contributed by atoms with van der Waals surface area (Å²) in [6.07, 6.45) is 9.62. The molecule has 0 saturated heterocycles. The van der Waals surface area contributed by atoms with Gasteiger partial charge in [0.2, 0.25) is 0 Å². The molecule has 2 nitrogen and oxygen atoms in total. The molecule has 3 aliphatic rings. The Morgan fingerprint density at radius 2 is 1.52 bits per heavy atom. The van der Waals surface area contributed by atoms with Gasteiger partial charge in [-0.25, -0.2) is 4.39 Å². The number of ether oxygens (including phenoxy) is 1. The minimum atomic E-state index is -4.63. The zero-order valence-corrected chi connectivity index (χ0v) is 19.5. The third-order valence-corrected chi connectivity index (χ3v) is 8.70. The van der Waals surface area contributed by atoms with E-state index in [2.05, 4.69) is 6.92 Å². The van der Waals surface area contributed by atoms with Gasteiger partial charge in [-0.05, 0) is 106 Å². The van der Waals surface area contributed by atoms with Crippen molar-refractivity contribution in [2.24, 2.45) is 35.5 Å². The summed E-state index contributed by atoms with van der Waals surface area (Å²) in [5.74, 6) is 1.71. The number of rotatable bonds is 5. The van der Waals surface area contributed by atoms with Crippen LogP contribution in [0.2, 0.25) is 0 Å². The van der Waals surface area contributed by atoms with E-state index in [1.807, 2.05) is 0 Å². The van der Waals surface area contributed by atoms with Crippen LogP contribution in [0.3, 0.4) is 0 Å². The van der Waals surface area contributed by atoms with Gasteiger partial charge in [0.05, 0.1) is 11.5 Å². The van der Waals surface area contributed by atoms with Crippen molar-refractivity contribution in [1.82, 2.24) is 0 Å². The standard InChI is InChI=1S/C27H36F4O2/c1-2-3-17-4-5-22-15-21(11-10-20(22)14-17)18-6-8-19(9-7-18)26(32)33-25-13-12-23(16-24(25)28)27(29,30)31/h12-13,16-22H,2-11,14-15H2,1H3. The summed E-state index contributed by atoms with van der Waals surface area (Å²) in [6.45, 7) is 2.29. The molecule has 4 unspecified atom stereocenters. The zero-order valence-electron chi connectivity index (χ0n) is 19.5. The van der Waals surface area contributed by atoms with Crippen molar-refractivity contribution in [2.45, 2.75) is 90.1 Å². The second kappa shape index (κ2) is 10.4. The predicted octanol–water partition coefficient (Wildman–Crippen LogP) is 8.19. The summed E-state index contributed by atoms with van der Waals surface area (Å²) in [5.41, 5.74) is -1.09. The maximum absolute atomic E-state index is 14.0. The van der Waals surface area contributed by atoms with Crippen molar-refractivity contribution in [3.8, 4) is 5.75 Å². The maximum atomic E-state index is 14.0. The van der Waals surface area contributed by atoms with Crippen molar-refractivity contribution < 1.29 is 27.1 Å². The molecule has 4 atom stereocenters. The fraction of sp³-hybridized carbons (Fsp3) is 0.741. The van der Waals surface area contributed by atoms with E-state index in [9.17, 15) is 22.4 Å². The lowest BCUT2D eigenvalue weighted by atomic mass is 9.60. The Labute approximate surface area is 194 Å². The Bertz CT molecular complexity index is 813. The van der Waals surface area contributed by atoms with E-state index >= 15 is 0 Å². The number of hydrogen-bond acceptors (Lipinski definition) is 2. The van der Waals surface area contributed by atoms with Crippen LogP contribution in [0.4, 0.5) is 17.6 Å². The molecule has 0 amide bonds. The van der Waals surface area contributed by atoms with Crippen molar-refractivity contribution in [2.75, 3.05) is 0 Å². The first-order valence-corrected chi connectivity index (χ1v) is 12.8. The Morgan fingerprint density at radius 3 is 2.15 bits per heavy atom. The Hall–Kier alpha value is -1.59. The number of carbonyl (C=O) groups excluding carboxylic acids is 1. The molecule has 1 aromatic rings. The highest BCUT2D eigenvalue weighted by atomic mass is 19.4. The average Bonchev–Trinajstić information content (AvgIpc) is 2.79. The number of hydrogen-bond donors (Lipinski definition) is 0. The van der Waals surface area contributed by atoms with E-state index in [1.165, 1.54) is 51.4 Å². The van der Waals surface area contributed by atoms with Gasteiger partial charge in [0.1, 0.15) is 0 Å². The number of esters is 1. The molecular formula is C27H36F4O2. The molecule has 4 rings (SSSR count). The van der Waals surface area contributed by atoms with E-state index in [-0.39, 0.29) is 5.92 Å². The first-order valence-electron chi connectivity index (χ1n) is 12.8. The third kappa shape index (κ3) is 5.92. The molecule has 0 radical (unpaired) electrons. The zero-order chi connectivity index (χ0) is 23.6. The highest BCUT2D eigenvalue weighted by Crippen LogP contribution is 2.49. The quantitative estimate of drug-likeness (QED) is 0.247. The van der Waals surface area contributed by atoms with Gasteiger partial charge >= 0.3 is 12.1 Å². The molecule has 33 heavy (non-hydrogen) atoms. The van der Waals surface area contributed by atoms with E-state index < -0.39 is 29.3 Å². The summed E-state index contributed by atoms with van der Waals surface area (Å²) < 4.78 is 57.3. The van der Waals surface area contributed by atoms with Crippen molar-refractivity contribution in [1.29, 1.82) is 0 Å². The van der Waals surface area contributed by atoms with Crippen LogP contribution in [0.15, 0.2) is 18.2 Å². The second-order valence-electron chi connectivity index (χ2n) is 10.7. The van der Waals surface area contributed by atoms with Crippen LogP contribution >= 0.6 is 0 Å². The molecule has 0 N–H and O–H groups in total. The normalized spacial score (nSPS) is 32.8. The molecule has 3 fully saturated rings. The van der Waals surface area contributed by atoms with Gasteiger partial charge in [0.25, 0.3) is 0 Å². The third-order valence-electron chi connectivity index (χ3n) is 8.70. The lowest BCUT2D eigenvalue weighted by Crippen LogP contribution is -2.35. The molecule has 0 spiro atoms. The smallest absolute Gasteiger partial charge is 0.416 e. The number of alkyl halides is 3. The lowest BCUT2D eigenvalue weighted by molar-refractivity contribution is -0.140. The van der Waals surface area contributed by atoms with Crippen LogP contribution in [0.5, 0.6) is 5.75 Å².